The molecular formula is C25H28N4O2. The van der Waals surface area contributed by atoms with Gasteiger partial charge in [0.2, 0.25) is 0 Å². The van der Waals surface area contributed by atoms with Crippen LogP contribution in [0.2, 0.25) is 0 Å². The summed E-state index contributed by atoms with van der Waals surface area (Å²) >= 11 is 0. The Kier molecular flexibility index (Phi) is 6.16. The Bertz CT molecular complexity index is 1170. The van der Waals surface area contributed by atoms with Crippen LogP contribution >= 0.6 is 0 Å². The van der Waals surface area contributed by atoms with E-state index in [4.69, 9.17) is 10.1 Å². The number of ether oxygens (including phenoxy) is 1. The van der Waals surface area contributed by atoms with Crippen molar-refractivity contribution in [1.29, 1.82) is 5.41 Å². The van der Waals surface area contributed by atoms with Crippen LogP contribution in [0, 0.1) is 5.41 Å². The average molecular weight is 417 g/mol. The first-order valence-electron chi connectivity index (χ1n) is 10.7. The summed E-state index contributed by atoms with van der Waals surface area (Å²) in [6, 6.07) is 12.3. The summed E-state index contributed by atoms with van der Waals surface area (Å²) in [5.41, 5.74) is 4.57. The predicted molar refractivity (Wildman–Crippen MR) is 125 cm³/mol. The van der Waals surface area contributed by atoms with Crippen LogP contribution in [-0.4, -0.2) is 29.9 Å². The summed E-state index contributed by atoms with van der Waals surface area (Å²) in [5.74, 6) is 0.628. The largest absolute Gasteiger partial charge is 0.494 e. The fourth-order valence-electron chi connectivity index (χ4n) is 4.39. The zero-order chi connectivity index (χ0) is 21.8. The van der Waals surface area contributed by atoms with E-state index in [0.29, 0.717) is 23.1 Å². The molecule has 31 heavy (non-hydrogen) atoms. The molecule has 0 amide bonds. The predicted octanol–water partition coefficient (Wildman–Crippen LogP) is 4.32. The van der Waals surface area contributed by atoms with Gasteiger partial charge in [-0.25, -0.2) is 4.98 Å². The lowest BCUT2D eigenvalue weighted by Crippen LogP contribution is -2.24. The Hall–Kier alpha value is -3.41. The van der Waals surface area contributed by atoms with E-state index in [-0.39, 0.29) is 11.6 Å². The molecule has 1 aliphatic carbocycles. The van der Waals surface area contributed by atoms with Crippen molar-refractivity contribution in [1.82, 2.24) is 14.9 Å². The van der Waals surface area contributed by atoms with Gasteiger partial charge in [-0.1, -0.05) is 37.1 Å². The Morgan fingerprint density at radius 2 is 1.97 bits per heavy atom. The molecule has 0 aliphatic heterocycles. The molecule has 6 nitrogen and oxygen atoms in total. The third kappa shape index (κ3) is 4.24. The number of hydrogen-bond donors (Lipinski definition) is 2. The highest BCUT2D eigenvalue weighted by Crippen LogP contribution is 2.30. The molecule has 6 heteroatoms. The Labute approximate surface area is 182 Å². The van der Waals surface area contributed by atoms with Gasteiger partial charge in [0.05, 0.1) is 18.8 Å². The number of methoxy groups -OCH3 is 1. The molecule has 0 bridgehead atoms. The van der Waals surface area contributed by atoms with Crippen molar-refractivity contribution < 1.29 is 4.74 Å². The minimum atomic E-state index is 0.0141. The van der Waals surface area contributed by atoms with Gasteiger partial charge < -0.3 is 15.5 Å². The third-order valence-electron chi connectivity index (χ3n) is 6.00. The second kappa shape index (κ2) is 9.16. The number of fused-ring (bicyclic) bond motifs is 1. The second-order valence-electron chi connectivity index (χ2n) is 8.00. The summed E-state index contributed by atoms with van der Waals surface area (Å²) in [6.45, 7) is 0. The molecule has 160 valence electrons. The number of nitrogens with one attached hydrogen (secondary N) is 2. The summed E-state index contributed by atoms with van der Waals surface area (Å²) in [4.78, 5) is 17.8. The molecule has 0 unspecified atom stereocenters. The maximum atomic E-state index is 13.2. The molecule has 1 heterocycles. The first kappa shape index (κ1) is 20.8. The molecule has 1 aliphatic rings. The van der Waals surface area contributed by atoms with Crippen molar-refractivity contribution in [2.75, 3.05) is 14.2 Å². The minimum absolute atomic E-state index is 0.0141. The fraction of sp³-hybridized carbons (Fsp3) is 0.320. The van der Waals surface area contributed by atoms with Crippen molar-refractivity contribution in [3.63, 3.8) is 0 Å². The SMILES string of the molecule is CN/C=C(\C=N)c1ccc(Cc2cc(OC)c3ncn(C4CCCC4)c(=O)c3c2)cc1. The van der Waals surface area contributed by atoms with Gasteiger partial charge >= 0.3 is 0 Å². The van der Waals surface area contributed by atoms with Crippen molar-refractivity contribution in [3.05, 3.63) is 76.0 Å². The van der Waals surface area contributed by atoms with Gasteiger partial charge in [0, 0.05) is 31.1 Å². The van der Waals surface area contributed by atoms with Crippen LogP contribution < -0.4 is 15.6 Å². The van der Waals surface area contributed by atoms with Crippen LogP contribution in [-0.2, 0) is 6.42 Å². The summed E-state index contributed by atoms with van der Waals surface area (Å²) in [6.07, 6.45) is 9.91. The molecule has 4 rings (SSSR count). The zero-order valence-electron chi connectivity index (χ0n) is 18.0. The molecule has 0 saturated heterocycles. The molecule has 1 saturated carbocycles. The lowest BCUT2D eigenvalue weighted by Gasteiger charge is -2.15. The van der Waals surface area contributed by atoms with E-state index in [1.807, 2.05) is 31.3 Å². The van der Waals surface area contributed by atoms with Gasteiger partial charge in [-0.2, -0.15) is 0 Å². The average Bonchev–Trinajstić information content (AvgIpc) is 3.33. The van der Waals surface area contributed by atoms with E-state index >= 15 is 0 Å². The quantitative estimate of drug-likeness (QED) is 0.562. The molecule has 2 N–H and O–H groups in total. The van der Waals surface area contributed by atoms with Crippen molar-refractivity contribution >= 4 is 22.7 Å². The topological polar surface area (TPSA) is 80.0 Å². The molecule has 0 spiro atoms. The molecule has 2 aromatic carbocycles. The highest BCUT2D eigenvalue weighted by atomic mass is 16.5. The van der Waals surface area contributed by atoms with Crippen molar-refractivity contribution in [2.24, 2.45) is 0 Å². The second-order valence-corrected chi connectivity index (χ2v) is 8.00. The van der Waals surface area contributed by atoms with Crippen molar-refractivity contribution in [2.45, 2.75) is 38.1 Å². The maximum Gasteiger partial charge on any atom is 0.261 e. The molecule has 0 atom stereocenters. The minimum Gasteiger partial charge on any atom is -0.494 e. The van der Waals surface area contributed by atoms with Gasteiger partial charge in [0.1, 0.15) is 11.3 Å². The van der Waals surface area contributed by atoms with E-state index < -0.39 is 0 Å². The maximum absolute atomic E-state index is 13.2. The summed E-state index contributed by atoms with van der Waals surface area (Å²) in [5, 5.41) is 11.2. The number of nitrogens with zero attached hydrogens (tertiary/aromatic N) is 2. The highest BCUT2D eigenvalue weighted by molar-refractivity contribution is 6.08. The fourth-order valence-corrected chi connectivity index (χ4v) is 4.39. The monoisotopic (exact) mass is 416 g/mol. The Morgan fingerprint density at radius 1 is 1.23 bits per heavy atom. The van der Waals surface area contributed by atoms with Crippen LogP contribution in [0.1, 0.15) is 48.4 Å². The molecule has 0 radical (unpaired) electrons. The number of aromatic nitrogens is 2. The van der Waals surface area contributed by atoms with Gasteiger partial charge in [-0.3, -0.25) is 9.36 Å². The van der Waals surface area contributed by atoms with Crippen molar-refractivity contribution in [3.8, 4) is 5.75 Å². The van der Waals surface area contributed by atoms with Gasteiger partial charge in [0.25, 0.3) is 5.56 Å². The summed E-state index contributed by atoms with van der Waals surface area (Å²) < 4.78 is 7.37. The first-order valence-corrected chi connectivity index (χ1v) is 10.7. The highest BCUT2D eigenvalue weighted by Gasteiger charge is 2.20. The van der Waals surface area contributed by atoms with Crippen LogP contribution in [0.5, 0.6) is 5.75 Å². The molecule has 3 aromatic rings. The Balaban J connectivity index is 1.69. The number of rotatable bonds is 7. The molecular weight excluding hydrogens is 388 g/mol. The number of allylic oxidation sites excluding steroid dienone is 1. The van der Waals surface area contributed by atoms with Crippen LogP contribution in [0.25, 0.3) is 16.5 Å². The summed E-state index contributed by atoms with van der Waals surface area (Å²) in [7, 11) is 3.44. The van der Waals surface area contributed by atoms with Gasteiger partial charge in [-0.15, -0.1) is 0 Å². The lowest BCUT2D eigenvalue weighted by molar-refractivity contribution is 0.418. The smallest absolute Gasteiger partial charge is 0.261 e. The number of benzene rings is 2. The zero-order valence-corrected chi connectivity index (χ0v) is 18.0. The standard InChI is InChI=1S/C25H28N4O2/c1-27-15-20(14-26)19-9-7-17(8-10-19)11-18-12-22-24(23(13-18)31-2)28-16-29(25(22)30)21-5-3-4-6-21/h7-10,12-16,21,26-27H,3-6,11H2,1-2H3/b20-15+,26-14?. The van der Waals surface area contributed by atoms with E-state index in [0.717, 1.165) is 47.9 Å². The third-order valence-corrected chi connectivity index (χ3v) is 6.00. The molecule has 1 fully saturated rings. The van der Waals surface area contributed by atoms with E-state index in [1.165, 1.54) is 6.21 Å². The normalized spacial score (nSPS) is 14.7. The molecule has 1 aromatic heterocycles. The van der Waals surface area contributed by atoms with E-state index in [2.05, 4.69) is 22.4 Å². The lowest BCUT2D eigenvalue weighted by atomic mass is 10.00. The van der Waals surface area contributed by atoms with Crippen LogP contribution in [0.3, 0.4) is 0 Å². The van der Waals surface area contributed by atoms with E-state index in [1.54, 1.807) is 24.2 Å². The Morgan fingerprint density at radius 3 is 2.61 bits per heavy atom. The van der Waals surface area contributed by atoms with Crippen LogP contribution in [0.15, 0.2) is 53.7 Å². The van der Waals surface area contributed by atoms with E-state index in [9.17, 15) is 4.79 Å². The van der Waals surface area contributed by atoms with Crippen LogP contribution in [0.4, 0.5) is 0 Å². The van der Waals surface area contributed by atoms with Gasteiger partial charge in [0.15, 0.2) is 0 Å². The number of hydrogen-bond acceptors (Lipinski definition) is 5. The van der Waals surface area contributed by atoms with Gasteiger partial charge in [-0.05, 0) is 48.1 Å². The first-order chi connectivity index (χ1) is 15.1.